The van der Waals surface area contributed by atoms with E-state index in [-0.39, 0.29) is 0 Å². The van der Waals surface area contributed by atoms with E-state index in [0.717, 1.165) is 24.7 Å². The second-order valence-electron chi connectivity index (χ2n) is 2.88. The van der Waals surface area contributed by atoms with Crippen molar-refractivity contribution in [3.63, 3.8) is 0 Å². The van der Waals surface area contributed by atoms with Crippen LogP contribution in [-0.2, 0) is 0 Å². The molecule has 1 saturated carbocycles. The fraction of sp³-hybridized carbons (Fsp3) is 0.500. The van der Waals surface area contributed by atoms with Crippen LogP contribution in [0, 0.1) is 11.8 Å². The van der Waals surface area contributed by atoms with Gasteiger partial charge in [-0.2, -0.15) is 0 Å². The zero-order valence-electron chi connectivity index (χ0n) is 5.18. The van der Waals surface area contributed by atoms with E-state index in [1.54, 1.807) is 0 Å². The van der Waals surface area contributed by atoms with Crippen LogP contribution >= 0.6 is 0 Å². The van der Waals surface area contributed by atoms with Crippen LogP contribution in [0.15, 0.2) is 24.1 Å². The molecule has 0 nitrogen and oxygen atoms in total. The molecule has 0 saturated heterocycles. The molecule has 2 rings (SSSR count). The van der Waals surface area contributed by atoms with Gasteiger partial charge in [0.1, 0.15) is 0 Å². The molecule has 48 valence electrons. The van der Waals surface area contributed by atoms with Crippen molar-refractivity contribution >= 4 is 0 Å². The van der Waals surface area contributed by atoms with Gasteiger partial charge in [-0.05, 0) is 24.3 Å². The minimum absolute atomic E-state index is 0.458. The van der Waals surface area contributed by atoms with Crippen molar-refractivity contribution in [1.82, 2.24) is 0 Å². The maximum atomic E-state index is 12.0. The van der Waals surface area contributed by atoms with E-state index in [0.29, 0.717) is 11.8 Å². The summed E-state index contributed by atoms with van der Waals surface area (Å²) in [6.45, 7) is 0. The zero-order chi connectivity index (χ0) is 6.27. The fourth-order valence-electron chi connectivity index (χ4n) is 1.78. The predicted octanol–water partition coefficient (Wildman–Crippen LogP) is 2.44. The molecule has 0 aromatic rings. The summed E-state index contributed by atoms with van der Waals surface area (Å²) < 4.78 is 12.0. The van der Waals surface area contributed by atoms with Crippen LogP contribution in [0.1, 0.15) is 12.8 Å². The first-order chi connectivity index (χ1) is 4.40. The summed E-state index contributed by atoms with van der Waals surface area (Å²) in [5.41, 5.74) is 1.00. The van der Waals surface area contributed by atoms with E-state index in [4.69, 9.17) is 0 Å². The molecule has 0 aromatic carbocycles. The maximum absolute atomic E-state index is 12.0. The Morgan fingerprint density at radius 3 is 2.78 bits per heavy atom. The molecular weight excluding hydrogens is 115 g/mol. The third-order valence-corrected chi connectivity index (χ3v) is 2.29. The third-order valence-electron chi connectivity index (χ3n) is 2.29. The van der Waals surface area contributed by atoms with Gasteiger partial charge in [0.05, 0.1) is 6.33 Å². The highest BCUT2D eigenvalue weighted by molar-refractivity contribution is 5.25. The van der Waals surface area contributed by atoms with Gasteiger partial charge in [0.2, 0.25) is 0 Å². The minimum atomic E-state index is 0.458. The summed E-state index contributed by atoms with van der Waals surface area (Å²) in [4.78, 5) is 0. The summed E-state index contributed by atoms with van der Waals surface area (Å²) in [5, 5.41) is 0. The molecule has 2 aliphatic carbocycles. The zero-order valence-corrected chi connectivity index (χ0v) is 5.18. The highest BCUT2D eigenvalue weighted by atomic mass is 19.1. The van der Waals surface area contributed by atoms with Gasteiger partial charge in [-0.25, -0.2) is 4.39 Å². The Morgan fingerprint density at radius 1 is 1.56 bits per heavy atom. The van der Waals surface area contributed by atoms with Crippen LogP contribution in [0.3, 0.4) is 0 Å². The van der Waals surface area contributed by atoms with Crippen molar-refractivity contribution in [1.29, 1.82) is 0 Å². The van der Waals surface area contributed by atoms with Gasteiger partial charge in [0.25, 0.3) is 0 Å². The summed E-state index contributed by atoms with van der Waals surface area (Å²) in [6.07, 6.45) is 7.25. The van der Waals surface area contributed by atoms with Crippen molar-refractivity contribution in [2.45, 2.75) is 12.8 Å². The highest BCUT2D eigenvalue weighted by Crippen LogP contribution is 2.42. The lowest BCUT2D eigenvalue weighted by atomic mass is 10.0. The minimum Gasteiger partial charge on any atom is -0.216 e. The average Bonchev–Trinajstić information content (AvgIpc) is 2.45. The molecule has 2 unspecified atom stereocenters. The van der Waals surface area contributed by atoms with E-state index in [1.807, 2.05) is 0 Å². The molecule has 0 aliphatic heterocycles. The molecule has 1 heteroatoms. The number of rotatable bonds is 0. The van der Waals surface area contributed by atoms with Crippen LogP contribution < -0.4 is 0 Å². The third kappa shape index (κ3) is 0.640. The Hall–Kier alpha value is -0.590. The van der Waals surface area contributed by atoms with Crippen LogP contribution in [0.25, 0.3) is 0 Å². The van der Waals surface area contributed by atoms with Gasteiger partial charge < -0.3 is 0 Å². The van der Waals surface area contributed by atoms with E-state index in [9.17, 15) is 4.39 Å². The molecule has 2 bridgehead atoms. The molecule has 1 fully saturated rings. The SMILES string of the molecule is F/C=C1\CC2C=CC1C2. The van der Waals surface area contributed by atoms with Crippen LogP contribution in [-0.4, -0.2) is 0 Å². The van der Waals surface area contributed by atoms with Gasteiger partial charge in [-0.15, -0.1) is 0 Å². The molecule has 2 aliphatic rings. The second kappa shape index (κ2) is 1.69. The highest BCUT2D eigenvalue weighted by Gasteiger charge is 2.30. The summed E-state index contributed by atoms with van der Waals surface area (Å²) in [7, 11) is 0. The quantitative estimate of drug-likeness (QED) is 0.435. The Bertz CT molecular complexity index is 179. The van der Waals surface area contributed by atoms with Crippen LogP contribution in [0.5, 0.6) is 0 Å². The number of hydrogen-bond acceptors (Lipinski definition) is 0. The van der Waals surface area contributed by atoms with E-state index in [2.05, 4.69) is 12.2 Å². The van der Waals surface area contributed by atoms with Gasteiger partial charge in [0.15, 0.2) is 0 Å². The first kappa shape index (κ1) is 5.21. The van der Waals surface area contributed by atoms with E-state index >= 15 is 0 Å². The standard InChI is InChI=1S/C8H9F/c9-5-8-4-6-1-2-7(8)3-6/h1-2,5-7H,3-4H2/b8-5+. The normalized spacial score (nSPS) is 43.0. The van der Waals surface area contributed by atoms with Crippen molar-refractivity contribution in [2.24, 2.45) is 11.8 Å². The lowest BCUT2D eigenvalue weighted by Crippen LogP contribution is -1.89. The molecule has 9 heavy (non-hydrogen) atoms. The number of halogens is 1. The Morgan fingerprint density at radius 2 is 2.44 bits per heavy atom. The summed E-state index contributed by atoms with van der Waals surface area (Å²) in [6, 6.07) is 0. The maximum Gasteiger partial charge on any atom is 0.0865 e. The molecule has 0 heterocycles. The Balaban J connectivity index is 2.29. The van der Waals surface area contributed by atoms with Crippen molar-refractivity contribution in [2.75, 3.05) is 0 Å². The van der Waals surface area contributed by atoms with Gasteiger partial charge in [-0.1, -0.05) is 12.2 Å². The van der Waals surface area contributed by atoms with Gasteiger partial charge in [0, 0.05) is 5.92 Å². The number of allylic oxidation sites excluding steroid dienone is 3. The topological polar surface area (TPSA) is 0 Å². The smallest absolute Gasteiger partial charge is 0.0865 e. The van der Waals surface area contributed by atoms with Gasteiger partial charge >= 0.3 is 0 Å². The van der Waals surface area contributed by atoms with Crippen molar-refractivity contribution < 1.29 is 4.39 Å². The Labute approximate surface area is 54.1 Å². The average molecular weight is 124 g/mol. The molecule has 0 spiro atoms. The molecule has 2 atom stereocenters. The van der Waals surface area contributed by atoms with Gasteiger partial charge in [-0.3, -0.25) is 0 Å². The van der Waals surface area contributed by atoms with E-state index in [1.165, 1.54) is 0 Å². The summed E-state index contributed by atoms with van der Waals surface area (Å²) >= 11 is 0. The molecular formula is C8H9F. The molecule has 0 radical (unpaired) electrons. The fourth-order valence-corrected chi connectivity index (χ4v) is 1.78. The first-order valence-electron chi connectivity index (χ1n) is 3.37. The number of hydrogen-bond donors (Lipinski definition) is 0. The first-order valence-corrected chi connectivity index (χ1v) is 3.37. The number of fused-ring (bicyclic) bond motifs is 2. The molecule has 0 amide bonds. The lowest BCUT2D eigenvalue weighted by Gasteiger charge is -2.03. The van der Waals surface area contributed by atoms with Crippen molar-refractivity contribution in [3.8, 4) is 0 Å². The largest absolute Gasteiger partial charge is 0.216 e. The lowest BCUT2D eigenvalue weighted by molar-refractivity contribution is 0.684. The predicted molar refractivity (Wildman–Crippen MR) is 34.5 cm³/mol. The van der Waals surface area contributed by atoms with Crippen LogP contribution in [0.4, 0.5) is 4.39 Å². The van der Waals surface area contributed by atoms with Crippen molar-refractivity contribution in [3.05, 3.63) is 24.1 Å². The summed E-state index contributed by atoms with van der Waals surface area (Å²) in [5.74, 6) is 1.12. The van der Waals surface area contributed by atoms with E-state index < -0.39 is 0 Å². The van der Waals surface area contributed by atoms with Crippen LogP contribution in [0.2, 0.25) is 0 Å². The molecule has 0 aromatic heterocycles. The molecule has 0 N–H and O–H groups in total. The Kier molecular flexibility index (Phi) is 0.981. The monoisotopic (exact) mass is 124 g/mol. The second-order valence-corrected chi connectivity index (χ2v) is 2.88.